The van der Waals surface area contributed by atoms with Crippen molar-refractivity contribution in [2.24, 2.45) is 0 Å². The number of carbonyl (C=O) groups is 1. The van der Waals surface area contributed by atoms with Gasteiger partial charge in [-0.3, -0.25) is 4.79 Å². The van der Waals surface area contributed by atoms with Crippen LogP contribution in [-0.4, -0.2) is 5.78 Å². The first-order valence-corrected chi connectivity index (χ1v) is 4.34. The van der Waals surface area contributed by atoms with Crippen LogP contribution in [-0.2, 0) is 4.79 Å². The van der Waals surface area contributed by atoms with E-state index in [-0.39, 0.29) is 5.78 Å². The van der Waals surface area contributed by atoms with Gasteiger partial charge in [0.15, 0.2) is 5.78 Å². The fraction of sp³-hybridized carbons (Fsp3) is 0.0833. The molecule has 0 bridgehead atoms. The standard InChI is InChI=1S/C12H10O/c13-12-9-5-4-8-11(12)10-6-2-1-3-7-10/h1-3,5-9H,4H2. The third kappa shape index (κ3) is 1.59. The van der Waals surface area contributed by atoms with E-state index >= 15 is 0 Å². The molecule has 0 saturated carbocycles. The molecule has 0 aliphatic heterocycles. The minimum Gasteiger partial charge on any atom is -0.289 e. The lowest BCUT2D eigenvalue weighted by Gasteiger charge is -2.06. The molecule has 1 aromatic rings. The van der Waals surface area contributed by atoms with Gasteiger partial charge in [-0.25, -0.2) is 0 Å². The first-order valence-electron chi connectivity index (χ1n) is 4.34. The van der Waals surface area contributed by atoms with Crippen molar-refractivity contribution in [1.82, 2.24) is 0 Å². The molecule has 13 heavy (non-hydrogen) atoms. The highest BCUT2D eigenvalue weighted by atomic mass is 16.1. The summed E-state index contributed by atoms with van der Waals surface area (Å²) in [7, 11) is 0. The van der Waals surface area contributed by atoms with E-state index in [9.17, 15) is 4.79 Å². The Kier molecular flexibility index (Phi) is 2.09. The molecule has 0 N–H and O–H groups in total. The summed E-state index contributed by atoms with van der Waals surface area (Å²) < 4.78 is 0. The lowest BCUT2D eigenvalue weighted by atomic mass is 9.97. The van der Waals surface area contributed by atoms with Gasteiger partial charge in [0.2, 0.25) is 0 Å². The second-order valence-corrected chi connectivity index (χ2v) is 2.99. The molecule has 1 aromatic carbocycles. The Morgan fingerprint density at radius 1 is 1.08 bits per heavy atom. The molecule has 0 fully saturated rings. The zero-order valence-corrected chi connectivity index (χ0v) is 7.23. The minimum absolute atomic E-state index is 0.109. The summed E-state index contributed by atoms with van der Waals surface area (Å²) >= 11 is 0. The SMILES string of the molecule is O=C1C=CCC=C1c1ccccc1. The van der Waals surface area contributed by atoms with Crippen LogP contribution in [0.4, 0.5) is 0 Å². The average Bonchev–Trinajstić information content (AvgIpc) is 2.20. The summed E-state index contributed by atoms with van der Waals surface area (Å²) in [4.78, 5) is 11.4. The Bertz CT molecular complexity index is 371. The van der Waals surface area contributed by atoms with Crippen molar-refractivity contribution in [1.29, 1.82) is 0 Å². The monoisotopic (exact) mass is 170 g/mol. The van der Waals surface area contributed by atoms with E-state index in [2.05, 4.69) is 0 Å². The molecular formula is C12H10O. The summed E-state index contributed by atoms with van der Waals surface area (Å²) in [6.07, 6.45) is 6.35. The smallest absolute Gasteiger partial charge is 0.185 e. The van der Waals surface area contributed by atoms with Gasteiger partial charge in [-0.05, 0) is 18.1 Å². The molecule has 0 atom stereocenters. The lowest BCUT2D eigenvalue weighted by Crippen LogP contribution is -2.00. The first kappa shape index (κ1) is 7.99. The van der Waals surface area contributed by atoms with Crippen LogP contribution >= 0.6 is 0 Å². The van der Waals surface area contributed by atoms with Crippen LogP contribution in [0, 0.1) is 0 Å². The van der Waals surface area contributed by atoms with E-state index in [0.717, 1.165) is 17.6 Å². The first-order chi connectivity index (χ1) is 6.38. The number of benzene rings is 1. The Morgan fingerprint density at radius 2 is 1.85 bits per heavy atom. The summed E-state index contributed by atoms with van der Waals surface area (Å²) in [6, 6.07) is 9.77. The van der Waals surface area contributed by atoms with Crippen LogP contribution in [0.3, 0.4) is 0 Å². The van der Waals surface area contributed by atoms with Crippen molar-refractivity contribution in [2.75, 3.05) is 0 Å². The molecule has 0 amide bonds. The van der Waals surface area contributed by atoms with Crippen LogP contribution in [0.15, 0.2) is 48.6 Å². The number of hydrogen-bond acceptors (Lipinski definition) is 1. The van der Waals surface area contributed by atoms with E-state index in [4.69, 9.17) is 0 Å². The summed E-state index contributed by atoms with van der Waals surface area (Å²) in [6.45, 7) is 0. The zero-order chi connectivity index (χ0) is 9.10. The van der Waals surface area contributed by atoms with E-state index < -0.39 is 0 Å². The topological polar surface area (TPSA) is 17.1 Å². The Hall–Kier alpha value is -1.63. The molecule has 0 heterocycles. The van der Waals surface area contributed by atoms with E-state index in [1.165, 1.54) is 0 Å². The molecule has 64 valence electrons. The molecular weight excluding hydrogens is 160 g/mol. The number of carbonyl (C=O) groups excluding carboxylic acids is 1. The molecule has 0 saturated heterocycles. The molecule has 0 unspecified atom stereocenters. The number of hydrogen-bond donors (Lipinski definition) is 0. The van der Waals surface area contributed by atoms with Crippen molar-refractivity contribution in [3.8, 4) is 0 Å². The maximum absolute atomic E-state index is 11.4. The van der Waals surface area contributed by atoms with Gasteiger partial charge in [0.05, 0.1) is 0 Å². The number of rotatable bonds is 1. The second-order valence-electron chi connectivity index (χ2n) is 2.99. The van der Waals surface area contributed by atoms with Crippen molar-refractivity contribution >= 4 is 11.4 Å². The van der Waals surface area contributed by atoms with Crippen molar-refractivity contribution in [3.05, 3.63) is 54.1 Å². The summed E-state index contributed by atoms with van der Waals surface area (Å²) in [5.74, 6) is 0.109. The molecule has 1 aliphatic rings. The molecule has 1 aliphatic carbocycles. The fourth-order valence-corrected chi connectivity index (χ4v) is 1.43. The van der Waals surface area contributed by atoms with Gasteiger partial charge in [-0.1, -0.05) is 42.5 Å². The third-order valence-electron chi connectivity index (χ3n) is 2.08. The second kappa shape index (κ2) is 3.40. The van der Waals surface area contributed by atoms with Crippen molar-refractivity contribution < 1.29 is 4.79 Å². The van der Waals surface area contributed by atoms with Gasteiger partial charge in [0, 0.05) is 5.57 Å². The Balaban J connectivity index is 2.37. The highest BCUT2D eigenvalue weighted by molar-refractivity contribution is 6.26. The predicted octanol–water partition coefficient (Wildman–Crippen LogP) is 2.60. The Labute approximate surface area is 77.4 Å². The van der Waals surface area contributed by atoms with Crippen LogP contribution in [0.1, 0.15) is 12.0 Å². The molecule has 1 heteroatoms. The van der Waals surface area contributed by atoms with Gasteiger partial charge in [-0.15, -0.1) is 0 Å². The molecule has 0 aromatic heterocycles. The molecule has 2 rings (SSSR count). The van der Waals surface area contributed by atoms with E-state index in [0.29, 0.717) is 0 Å². The van der Waals surface area contributed by atoms with E-state index in [1.54, 1.807) is 6.08 Å². The van der Waals surface area contributed by atoms with Gasteiger partial charge < -0.3 is 0 Å². The average molecular weight is 170 g/mol. The van der Waals surface area contributed by atoms with Crippen molar-refractivity contribution in [2.45, 2.75) is 6.42 Å². The van der Waals surface area contributed by atoms with Crippen molar-refractivity contribution in [3.63, 3.8) is 0 Å². The maximum atomic E-state index is 11.4. The fourth-order valence-electron chi connectivity index (χ4n) is 1.43. The quantitative estimate of drug-likeness (QED) is 0.633. The highest BCUT2D eigenvalue weighted by Crippen LogP contribution is 2.19. The van der Waals surface area contributed by atoms with Crippen LogP contribution < -0.4 is 0 Å². The zero-order valence-electron chi connectivity index (χ0n) is 7.23. The van der Waals surface area contributed by atoms with E-state index in [1.807, 2.05) is 42.5 Å². The molecule has 1 nitrogen and oxygen atoms in total. The third-order valence-corrected chi connectivity index (χ3v) is 2.08. The molecule has 0 radical (unpaired) electrons. The summed E-state index contributed by atoms with van der Waals surface area (Å²) in [5, 5.41) is 0. The number of ketones is 1. The minimum atomic E-state index is 0.109. The van der Waals surface area contributed by atoms with Gasteiger partial charge in [0.1, 0.15) is 0 Å². The van der Waals surface area contributed by atoms with Gasteiger partial charge >= 0.3 is 0 Å². The van der Waals surface area contributed by atoms with Crippen LogP contribution in [0.5, 0.6) is 0 Å². The predicted molar refractivity (Wildman–Crippen MR) is 53.2 cm³/mol. The molecule has 0 spiro atoms. The lowest BCUT2D eigenvalue weighted by molar-refractivity contribution is -0.109. The highest BCUT2D eigenvalue weighted by Gasteiger charge is 2.09. The normalized spacial score (nSPS) is 15.7. The van der Waals surface area contributed by atoms with Gasteiger partial charge in [-0.2, -0.15) is 0 Å². The van der Waals surface area contributed by atoms with Crippen LogP contribution in [0.2, 0.25) is 0 Å². The maximum Gasteiger partial charge on any atom is 0.185 e. The number of allylic oxidation sites excluding steroid dienone is 4. The Morgan fingerprint density at radius 3 is 2.54 bits per heavy atom. The largest absolute Gasteiger partial charge is 0.289 e. The summed E-state index contributed by atoms with van der Waals surface area (Å²) in [5.41, 5.74) is 1.83. The van der Waals surface area contributed by atoms with Gasteiger partial charge in [0.25, 0.3) is 0 Å². The van der Waals surface area contributed by atoms with Crippen LogP contribution in [0.25, 0.3) is 5.57 Å².